The number of rotatable bonds is 12. The SMILES string of the molecule is CC1(COc2ccnc3c2c(-c2ccc(CNS(C)(=O)=O)c(F)c2)cn3COCC[Si](C)(C)C)CCN(C(=O)OC(C)(C)C)CC1. The Balaban J connectivity index is 1.59. The fourth-order valence-electron chi connectivity index (χ4n) is 5.18. The van der Waals surface area contributed by atoms with Gasteiger partial charge in [-0.2, -0.15) is 0 Å². The predicted molar refractivity (Wildman–Crippen MR) is 182 cm³/mol. The summed E-state index contributed by atoms with van der Waals surface area (Å²) in [5.74, 6) is 0.108. The van der Waals surface area contributed by atoms with Crippen LogP contribution in [0, 0.1) is 11.2 Å². The van der Waals surface area contributed by atoms with Crippen molar-refractivity contribution in [1.82, 2.24) is 19.2 Å². The van der Waals surface area contributed by atoms with Crippen molar-refractivity contribution in [3.8, 4) is 16.9 Å². The Labute approximate surface area is 273 Å². The molecule has 4 rings (SSSR count). The Morgan fingerprint density at radius 1 is 1.15 bits per heavy atom. The van der Waals surface area contributed by atoms with E-state index < -0.39 is 29.5 Å². The zero-order chi connectivity index (χ0) is 33.9. The lowest BCUT2D eigenvalue weighted by molar-refractivity contribution is 0.00602. The summed E-state index contributed by atoms with van der Waals surface area (Å²) in [7, 11) is -4.75. The van der Waals surface area contributed by atoms with Crippen LogP contribution in [-0.2, 0) is 32.8 Å². The van der Waals surface area contributed by atoms with Crippen molar-refractivity contribution < 1.29 is 31.8 Å². The molecule has 1 aromatic carbocycles. The number of nitrogens with one attached hydrogen (secondary N) is 1. The number of hydrogen-bond acceptors (Lipinski definition) is 7. The molecule has 3 aromatic rings. The number of carbonyl (C=O) groups is 1. The minimum absolute atomic E-state index is 0.141. The number of halogens is 1. The second-order valence-electron chi connectivity index (χ2n) is 14.8. The Hall–Kier alpha value is -3.00. The summed E-state index contributed by atoms with van der Waals surface area (Å²) in [6, 6.07) is 7.63. The highest BCUT2D eigenvalue weighted by atomic mass is 32.2. The van der Waals surface area contributed by atoms with Gasteiger partial charge in [-0.05, 0) is 57.4 Å². The van der Waals surface area contributed by atoms with Gasteiger partial charge in [-0.3, -0.25) is 0 Å². The summed E-state index contributed by atoms with van der Waals surface area (Å²) in [6.07, 6.45) is 5.87. The van der Waals surface area contributed by atoms with Crippen LogP contribution in [-0.4, -0.2) is 75.2 Å². The average Bonchev–Trinajstić information content (AvgIpc) is 3.31. The molecule has 0 saturated carbocycles. The lowest BCUT2D eigenvalue weighted by Crippen LogP contribution is -2.46. The molecule has 0 radical (unpaired) electrons. The molecule has 0 atom stereocenters. The lowest BCUT2D eigenvalue weighted by atomic mass is 9.81. The fourth-order valence-corrected chi connectivity index (χ4v) is 6.36. The van der Waals surface area contributed by atoms with Gasteiger partial charge < -0.3 is 23.7 Å². The van der Waals surface area contributed by atoms with Crippen LogP contribution < -0.4 is 9.46 Å². The van der Waals surface area contributed by atoms with Crippen LogP contribution in [0.15, 0.2) is 36.7 Å². The number of amides is 1. The normalized spacial score (nSPS) is 15.7. The molecule has 254 valence electrons. The van der Waals surface area contributed by atoms with Gasteiger partial charge in [0.1, 0.15) is 29.5 Å². The van der Waals surface area contributed by atoms with Gasteiger partial charge in [0.15, 0.2) is 0 Å². The lowest BCUT2D eigenvalue weighted by Gasteiger charge is -2.39. The summed E-state index contributed by atoms with van der Waals surface area (Å²) in [6.45, 7) is 17.0. The van der Waals surface area contributed by atoms with E-state index in [-0.39, 0.29) is 30.3 Å². The van der Waals surface area contributed by atoms with Gasteiger partial charge in [0.2, 0.25) is 10.0 Å². The van der Waals surface area contributed by atoms with E-state index in [4.69, 9.17) is 14.2 Å². The first kappa shape index (κ1) is 35.8. The fraction of sp³-hybridized carbons (Fsp3) is 0.576. The molecule has 3 heterocycles. The van der Waals surface area contributed by atoms with Gasteiger partial charge in [0.25, 0.3) is 0 Å². The number of likely N-dealkylation sites (tertiary alicyclic amines) is 1. The minimum Gasteiger partial charge on any atom is -0.492 e. The third kappa shape index (κ3) is 10.00. The number of pyridine rings is 1. The molecule has 1 aliphatic heterocycles. The molecule has 10 nitrogen and oxygen atoms in total. The predicted octanol–water partition coefficient (Wildman–Crippen LogP) is 6.62. The van der Waals surface area contributed by atoms with E-state index in [1.54, 1.807) is 23.2 Å². The van der Waals surface area contributed by atoms with Crippen molar-refractivity contribution in [3.63, 3.8) is 0 Å². The number of benzene rings is 1. The highest BCUT2D eigenvalue weighted by Gasteiger charge is 2.34. The first-order valence-corrected chi connectivity index (χ1v) is 21.3. The maximum absolute atomic E-state index is 15.3. The number of nitrogens with zero attached hydrogens (tertiary/aromatic N) is 3. The molecule has 2 aromatic heterocycles. The number of ether oxygens (including phenoxy) is 3. The zero-order valence-corrected chi connectivity index (χ0v) is 30.2. The highest BCUT2D eigenvalue weighted by molar-refractivity contribution is 7.88. The van der Waals surface area contributed by atoms with Crippen molar-refractivity contribution in [2.45, 2.75) is 85.1 Å². The molecular formula is C33H49FN4O6SSi. The standard InChI is InChI=1S/C33H49FN4O6SSi/c1-32(2,3)44-31(39)37-15-12-33(4,13-16-37)22-43-28-11-14-35-30-29(28)26(21-38(30)23-42-17-18-46(6,7)8)24-9-10-25(27(34)19-24)20-36-45(5,40)41/h9-11,14,19,21,36H,12-13,15-18,20,22-23H2,1-8H3. The quantitative estimate of drug-likeness (QED) is 0.170. The molecule has 1 fully saturated rings. The van der Waals surface area contributed by atoms with Crippen LogP contribution in [0.2, 0.25) is 25.7 Å². The first-order valence-electron chi connectivity index (χ1n) is 15.7. The maximum atomic E-state index is 15.3. The molecule has 1 amide bonds. The van der Waals surface area contributed by atoms with Crippen LogP contribution in [0.5, 0.6) is 5.75 Å². The number of sulfonamides is 1. The summed E-state index contributed by atoms with van der Waals surface area (Å²) in [4.78, 5) is 19.0. The Bertz CT molecular complexity index is 1640. The van der Waals surface area contributed by atoms with Crippen molar-refractivity contribution >= 4 is 35.2 Å². The van der Waals surface area contributed by atoms with E-state index in [0.717, 1.165) is 36.1 Å². The molecule has 13 heteroatoms. The summed E-state index contributed by atoms with van der Waals surface area (Å²) >= 11 is 0. The number of piperidine rings is 1. The topological polar surface area (TPSA) is 112 Å². The van der Waals surface area contributed by atoms with Gasteiger partial charge in [-0.15, -0.1) is 0 Å². The van der Waals surface area contributed by atoms with Gasteiger partial charge >= 0.3 is 6.09 Å². The molecule has 0 bridgehead atoms. The molecule has 0 spiro atoms. The molecular weight excluding hydrogens is 628 g/mol. The van der Waals surface area contributed by atoms with Gasteiger partial charge in [-0.25, -0.2) is 27.3 Å². The van der Waals surface area contributed by atoms with Crippen molar-refractivity contribution in [2.75, 3.05) is 32.6 Å². The van der Waals surface area contributed by atoms with Crippen LogP contribution in [0.25, 0.3) is 22.2 Å². The summed E-state index contributed by atoms with van der Waals surface area (Å²) in [5, 5.41) is 0.743. The van der Waals surface area contributed by atoms with E-state index in [1.165, 1.54) is 6.07 Å². The van der Waals surface area contributed by atoms with E-state index in [9.17, 15) is 13.2 Å². The first-order chi connectivity index (χ1) is 21.3. The van der Waals surface area contributed by atoms with Crippen LogP contribution in [0.3, 0.4) is 0 Å². The van der Waals surface area contributed by atoms with Crippen molar-refractivity contribution in [3.05, 3.63) is 48.0 Å². The largest absolute Gasteiger partial charge is 0.492 e. The number of carbonyl (C=O) groups excluding carboxylic acids is 1. The number of hydrogen-bond donors (Lipinski definition) is 1. The maximum Gasteiger partial charge on any atom is 0.410 e. The van der Waals surface area contributed by atoms with E-state index in [1.807, 2.05) is 37.6 Å². The van der Waals surface area contributed by atoms with E-state index in [2.05, 4.69) is 36.3 Å². The van der Waals surface area contributed by atoms with Crippen LogP contribution >= 0.6 is 0 Å². The second-order valence-corrected chi connectivity index (χ2v) is 22.3. The Morgan fingerprint density at radius 2 is 1.85 bits per heavy atom. The summed E-state index contributed by atoms with van der Waals surface area (Å²) < 4.78 is 60.8. The third-order valence-corrected chi connectivity index (χ3v) is 10.4. The van der Waals surface area contributed by atoms with Crippen molar-refractivity contribution in [2.24, 2.45) is 5.41 Å². The Morgan fingerprint density at radius 3 is 2.46 bits per heavy atom. The van der Waals surface area contributed by atoms with E-state index in [0.29, 0.717) is 43.3 Å². The summed E-state index contributed by atoms with van der Waals surface area (Å²) in [5.41, 5.74) is 1.54. The van der Waals surface area contributed by atoms with E-state index >= 15 is 4.39 Å². The van der Waals surface area contributed by atoms with Gasteiger partial charge in [0.05, 0.1) is 18.2 Å². The number of aromatic nitrogens is 2. The number of fused-ring (bicyclic) bond motifs is 1. The molecule has 46 heavy (non-hydrogen) atoms. The molecule has 0 unspecified atom stereocenters. The molecule has 1 aliphatic rings. The minimum atomic E-state index is -3.47. The smallest absolute Gasteiger partial charge is 0.410 e. The molecule has 0 aliphatic carbocycles. The third-order valence-electron chi connectivity index (χ3n) is 8.03. The average molecular weight is 677 g/mol. The van der Waals surface area contributed by atoms with Crippen molar-refractivity contribution in [1.29, 1.82) is 0 Å². The van der Waals surface area contributed by atoms with Gasteiger partial charge in [0, 0.05) is 63.3 Å². The Kier molecular flexibility index (Phi) is 10.9. The van der Waals surface area contributed by atoms with Crippen LogP contribution in [0.4, 0.5) is 9.18 Å². The monoisotopic (exact) mass is 676 g/mol. The zero-order valence-electron chi connectivity index (χ0n) is 28.4. The highest BCUT2D eigenvalue weighted by Crippen LogP contribution is 2.39. The van der Waals surface area contributed by atoms with Crippen LogP contribution in [0.1, 0.15) is 46.1 Å². The molecule has 1 N–H and O–H groups in total. The second kappa shape index (κ2) is 14.0. The van der Waals surface area contributed by atoms with Gasteiger partial charge in [-0.1, -0.05) is 38.7 Å². The molecule has 1 saturated heterocycles.